The minimum atomic E-state index is 0.999. The van der Waals surface area contributed by atoms with Crippen LogP contribution in [-0.2, 0) is 0 Å². The minimum absolute atomic E-state index is 0.999. The Bertz CT molecular complexity index is 2610. The highest BCUT2D eigenvalue weighted by Gasteiger charge is 2.17. The molecule has 0 N–H and O–H groups in total. The lowest BCUT2D eigenvalue weighted by molar-refractivity contribution is 1.27. The van der Waals surface area contributed by atoms with Crippen LogP contribution in [0.15, 0.2) is 128 Å². The molecule has 0 aliphatic heterocycles. The quantitative estimate of drug-likeness (QED) is 0.186. The molecule has 0 unspecified atom stereocenters. The fraction of sp³-hybridized carbons (Fsp3) is 0.0714. The van der Waals surface area contributed by atoms with Gasteiger partial charge < -0.3 is 0 Å². The first-order valence-corrected chi connectivity index (χ1v) is 16.3. The molecule has 0 bridgehead atoms. The summed E-state index contributed by atoms with van der Waals surface area (Å²) < 4.78 is 4.96. The lowest BCUT2D eigenvalue weighted by atomic mass is 9.96. The number of benzene rings is 6. The molecule has 0 aliphatic carbocycles. The Morgan fingerprint density at radius 1 is 0.556 bits per heavy atom. The van der Waals surface area contributed by atoms with E-state index in [9.17, 15) is 0 Å². The molecule has 3 aromatic heterocycles. The molecule has 0 fully saturated rings. The molecule has 9 rings (SSSR count). The monoisotopic (exact) mass is 594 g/mol. The summed E-state index contributed by atoms with van der Waals surface area (Å²) in [5, 5.41) is 6.28. The Morgan fingerprint density at radius 3 is 2.09 bits per heavy atom. The Hall–Kier alpha value is -5.25. The van der Waals surface area contributed by atoms with Gasteiger partial charge in [-0.15, -0.1) is 11.3 Å². The van der Waals surface area contributed by atoms with E-state index < -0.39 is 0 Å². The van der Waals surface area contributed by atoms with Crippen LogP contribution >= 0.6 is 11.3 Å². The average molecular weight is 595 g/mol. The fourth-order valence-corrected chi connectivity index (χ4v) is 8.59. The van der Waals surface area contributed by atoms with Gasteiger partial charge in [0.25, 0.3) is 0 Å². The highest BCUT2D eigenvalue weighted by Crippen LogP contribution is 2.41. The van der Waals surface area contributed by atoms with Crippen molar-refractivity contribution in [3.05, 3.63) is 144 Å². The molecule has 9 aromatic rings. The molecule has 214 valence electrons. The lowest BCUT2D eigenvalue weighted by Crippen LogP contribution is -1.91. The van der Waals surface area contributed by atoms with Crippen molar-refractivity contribution in [1.82, 2.24) is 9.38 Å². The summed E-state index contributed by atoms with van der Waals surface area (Å²) in [4.78, 5) is 5.24. The van der Waals surface area contributed by atoms with E-state index in [2.05, 4.69) is 153 Å². The second-order valence-corrected chi connectivity index (χ2v) is 13.3. The Morgan fingerprint density at radius 2 is 1.24 bits per heavy atom. The largest absolute Gasteiger partial charge is 0.298 e. The van der Waals surface area contributed by atoms with Crippen molar-refractivity contribution < 1.29 is 0 Å². The third kappa shape index (κ3) is 4.04. The molecule has 45 heavy (non-hydrogen) atoms. The van der Waals surface area contributed by atoms with Crippen molar-refractivity contribution in [2.45, 2.75) is 20.8 Å². The summed E-state index contributed by atoms with van der Waals surface area (Å²) >= 11 is 1.88. The van der Waals surface area contributed by atoms with E-state index in [1.807, 2.05) is 11.3 Å². The molecular weight excluding hydrogens is 565 g/mol. The van der Waals surface area contributed by atoms with Gasteiger partial charge in [-0.2, -0.15) is 0 Å². The average Bonchev–Trinajstić information content (AvgIpc) is 3.67. The van der Waals surface area contributed by atoms with Crippen LogP contribution < -0.4 is 0 Å². The number of pyridine rings is 1. The standard InChI is InChI=1S/C42H30N2S/c1-25-20-26(2)40(27(3)21-25)37-24-44-38-19-18-29(23-36(38)32-12-4-5-14-35(32)42(44)43-37)28-10-8-11-30(22-28)31-15-9-16-34-33-13-6-7-17-39(33)45-41(31)34/h4-24H,1-3H3. The first-order valence-electron chi connectivity index (χ1n) is 15.5. The zero-order valence-electron chi connectivity index (χ0n) is 25.4. The summed E-state index contributed by atoms with van der Waals surface area (Å²) in [5.74, 6) is 0. The fourth-order valence-electron chi connectivity index (χ4n) is 7.35. The van der Waals surface area contributed by atoms with Crippen LogP contribution in [0.25, 0.3) is 81.0 Å². The molecule has 0 radical (unpaired) electrons. The maximum absolute atomic E-state index is 5.24. The van der Waals surface area contributed by atoms with Gasteiger partial charge in [0, 0.05) is 42.7 Å². The molecule has 0 amide bonds. The number of aromatic nitrogens is 2. The van der Waals surface area contributed by atoms with Crippen molar-refractivity contribution in [3.8, 4) is 33.5 Å². The summed E-state index contributed by atoms with van der Waals surface area (Å²) in [6, 6.07) is 44.5. The second-order valence-electron chi connectivity index (χ2n) is 12.2. The van der Waals surface area contributed by atoms with Gasteiger partial charge in [0.05, 0.1) is 11.2 Å². The number of imidazole rings is 1. The van der Waals surface area contributed by atoms with E-state index in [1.54, 1.807) is 0 Å². The van der Waals surface area contributed by atoms with E-state index in [-0.39, 0.29) is 0 Å². The van der Waals surface area contributed by atoms with Crippen molar-refractivity contribution >= 4 is 58.8 Å². The van der Waals surface area contributed by atoms with Crippen LogP contribution in [0.5, 0.6) is 0 Å². The Kier molecular flexibility index (Phi) is 5.75. The number of nitrogens with zero attached hydrogens (tertiary/aromatic N) is 2. The molecular formula is C42H30N2S. The van der Waals surface area contributed by atoms with E-state index in [0.717, 1.165) is 11.3 Å². The first kappa shape index (κ1) is 26.2. The maximum atomic E-state index is 5.24. The molecule has 3 heteroatoms. The number of fused-ring (bicyclic) bond motifs is 9. The number of rotatable bonds is 3. The summed E-state index contributed by atoms with van der Waals surface area (Å²) in [5.41, 5.74) is 13.2. The van der Waals surface area contributed by atoms with Gasteiger partial charge in [0.15, 0.2) is 0 Å². The van der Waals surface area contributed by atoms with Crippen LogP contribution in [-0.4, -0.2) is 9.38 Å². The molecule has 0 spiro atoms. The van der Waals surface area contributed by atoms with Crippen molar-refractivity contribution in [2.75, 3.05) is 0 Å². The zero-order valence-corrected chi connectivity index (χ0v) is 26.2. The summed E-state index contributed by atoms with van der Waals surface area (Å²) in [7, 11) is 0. The van der Waals surface area contributed by atoms with Crippen molar-refractivity contribution in [2.24, 2.45) is 0 Å². The van der Waals surface area contributed by atoms with E-state index in [1.165, 1.54) is 86.4 Å². The number of hydrogen-bond acceptors (Lipinski definition) is 2. The number of thiophene rings is 1. The van der Waals surface area contributed by atoms with Crippen LogP contribution in [0, 0.1) is 20.8 Å². The third-order valence-electron chi connectivity index (χ3n) is 9.26. The van der Waals surface area contributed by atoms with Crippen molar-refractivity contribution in [3.63, 3.8) is 0 Å². The van der Waals surface area contributed by atoms with E-state index in [0.29, 0.717) is 0 Å². The van der Waals surface area contributed by atoms with Gasteiger partial charge >= 0.3 is 0 Å². The van der Waals surface area contributed by atoms with Gasteiger partial charge in [-0.1, -0.05) is 103 Å². The van der Waals surface area contributed by atoms with Gasteiger partial charge in [-0.05, 0) is 83.8 Å². The van der Waals surface area contributed by atoms with Gasteiger partial charge in [0.1, 0.15) is 5.65 Å². The molecule has 0 saturated heterocycles. The van der Waals surface area contributed by atoms with E-state index >= 15 is 0 Å². The zero-order chi connectivity index (χ0) is 30.2. The van der Waals surface area contributed by atoms with Crippen LogP contribution in [0.4, 0.5) is 0 Å². The molecule has 6 aromatic carbocycles. The summed E-state index contributed by atoms with van der Waals surface area (Å²) in [6.45, 7) is 6.54. The molecule has 2 nitrogen and oxygen atoms in total. The van der Waals surface area contributed by atoms with Gasteiger partial charge in [0.2, 0.25) is 0 Å². The van der Waals surface area contributed by atoms with Gasteiger partial charge in [-0.25, -0.2) is 4.98 Å². The maximum Gasteiger partial charge on any atom is 0.145 e. The molecule has 3 heterocycles. The molecule has 0 atom stereocenters. The number of aryl methyl sites for hydroxylation is 3. The Balaban J connectivity index is 1.23. The van der Waals surface area contributed by atoms with Gasteiger partial charge in [-0.3, -0.25) is 4.40 Å². The van der Waals surface area contributed by atoms with E-state index in [4.69, 9.17) is 4.98 Å². The van der Waals surface area contributed by atoms with Crippen LogP contribution in [0.1, 0.15) is 16.7 Å². The number of hydrogen-bond donors (Lipinski definition) is 0. The minimum Gasteiger partial charge on any atom is -0.298 e. The summed E-state index contributed by atoms with van der Waals surface area (Å²) in [6.07, 6.45) is 2.22. The predicted octanol–water partition coefficient (Wildman–Crippen LogP) is 11.9. The van der Waals surface area contributed by atoms with Crippen molar-refractivity contribution in [1.29, 1.82) is 0 Å². The SMILES string of the molecule is Cc1cc(C)c(-c2cn3c4ccc(-c5cccc(-c6cccc7c6sc6ccccc67)c5)cc4c4ccccc4c3n2)c(C)c1. The topological polar surface area (TPSA) is 17.3 Å². The Labute approximate surface area is 265 Å². The normalized spacial score (nSPS) is 11.9. The lowest BCUT2D eigenvalue weighted by Gasteiger charge is -2.11. The molecule has 0 aliphatic rings. The smallest absolute Gasteiger partial charge is 0.145 e. The first-order chi connectivity index (χ1) is 22.0. The second kappa shape index (κ2) is 9.88. The highest BCUT2D eigenvalue weighted by molar-refractivity contribution is 7.26. The molecule has 0 saturated carbocycles. The highest BCUT2D eigenvalue weighted by atomic mass is 32.1. The third-order valence-corrected chi connectivity index (χ3v) is 10.5. The van der Waals surface area contributed by atoms with Crippen LogP contribution in [0.3, 0.4) is 0 Å². The van der Waals surface area contributed by atoms with Crippen LogP contribution in [0.2, 0.25) is 0 Å². The predicted molar refractivity (Wildman–Crippen MR) is 194 cm³/mol.